The number of rotatable bonds is 2. The van der Waals surface area contributed by atoms with Gasteiger partial charge in [-0.3, -0.25) is 0 Å². The molecule has 0 N–H and O–H groups in total. The molecule has 0 aliphatic heterocycles. The predicted octanol–water partition coefficient (Wildman–Crippen LogP) is -1.26. The smallest absolute Gasteiger partial charge is 1.00 e. The fourth-order valence-electron chi connectivity index (χ4n) is 0.558. The molecule has 0 aromatic carbocycles. The van der Waals surface area contributed by atoms with Crippen LogP contribution in [0.4, 0.5) is 0 Å². The number of hydrogen-bond donors (Lipinski definition) is 0. The summed E-state index contributed by atoms with van der Waals surface area (Å²) in [6.07, 6.45) is 6.91. The minimum absolute atomic E-state index is 0. The average molecular weight is 144 g/mol. The Morgan fingerprint density at radius 1 is 1.60 bits per heavy atom. The first-order chi connectivity index (χ1) is 4.36. The molecular weight excluding hydrogens is 135 g/mol. The van der Waals surface area contributed by atoms with Crippen LogP contribution in [0.5, 0.6) is 0 Å². The average Bonchev–Trinajstić information content (AvgIpc) is 2.34. The van der Waals surface area contributed by atoms with Gasteiger partial charge >= 0.3 is 29.6 Å². The van der Waals surface area contributed by atoms with Crippen LogP contribution in [0.2, 0.25) is 0 Å². The van der Waals surface area contributed by atoms with Gasteiger partial charge in [-0.1, -0.05) is 13.2 Å². The van der Waals surface area contributed by atoms with E-state index in [-0.39, 0.29) is 31.0 Å². The molecule has 0 amide bonds. The molecule has 0 spiro atoms. The Kier molecular flexibility index (Phi) is 4.36. The van der Waals surface area contributed by atoms with Gasteiger partial charge in [-0.2, -0.15) is 0 Å². The second kappa shape index (κ2) is 4.50. The van der Waals surface area contributed by atoms with Crippen molar-refractivity contribution in [3.63, 3.8) is 0 Å². The van der Waals surface area contributed by atoms with E-state index in [0.29, 0.717) is 0 Å². The summed E-state index contributed by atoms with van der Waals surface area (Å²) in [4.78, 5) is 3.98. The standard InChI is InChI=1S/C7H8N2.Na.H/c1-3-7-5-9(4-2)6-8-7;;/h3-6H,1-2H2;;/q;+1;-1. The van der Waals surface area contributed by atoms with Gasteiger partial charge in [0.1, 0.15) is 0 Å². The molecule has 0 fully saturated rings. The quantitative estimate of drug-likeness (QED) is 0.474. The van der Waals surface area contributed by atoms with Crippen molar-refractivity contribution in [2.75, 3.05) is 0 Å². The van der Waals surface area contributed by atoms with E-state index in [1.165, 1.54) is 0 Å². The second-order valence-corrected chi connectivity index (χ2v) is 1.63. The first-order valence-corrected chi connectivity index (χ1v) is 2.65. The SMILES string of the molecule is C=Cc1cn(C=C)cn1.[H-].[Na+]. The molecule has 0 unspecified atom stereocenters. The van der Waals surface area contributed by atoms with Crippen molar-refractivity contribution in [1.82, 2.24) is 9.55 Å². The molecule has 1 aromatic heterocycles. The largest absolute Gasteiger partial charge is 1.00 e. The topological polar surface area (TPSA) is 17.8 Å². The second-order valence-electron chi connectivity index (χ2n) is 1.63. The third-order valence-electron chi connectivity index (χ3n) is 1.04. The maximum absolute atomic E-state index is 3.98. The van der Waals surface area contributed by atoms with Crippen LogP contribution in [-0.4, -0.2) is 9.55 Å². The molecule has 0 aliphatic carbocycles. The normalized spacial score (nSPS) is 8.00. The van der Waals surface area contributed by atoms with Crippen molar-refractivity contribution >= 4 is 12.3 Å². The van der Waals surface area contributed by atoms with Crippen LogP contribution >= 0.6 is 0 Å². The maximum Gasteiger partial charge on any atom is 1.00 e. The molecule has 1 aromatic rings. The molecule has 0 saturated heterocycles. The molecule has 1 rings (SSSR count). The predicted molar refractivity (Wildman–Crippen MR) is 39.8 cm³/mol. The van der Waals surface area contributed by atoms with E-state index in [1.54, 1.807) is 23.2 Å². The summed E-state index contributed by atoms with van der Waals surface area (Å²) in [5, 5.41) is 0. The molecule has 0 atom stereocenters. The van der Waals surface area contributed by atoms with Crippen LogP contribution in [0.25, 0.3) is 12.3 Å². The van der Waals surface area contributed by atoms with E-state index in [0.717, 1.165) is 5.69 Å². The van der Waals surface area contributed by atoms with Gasteiger partial charge in [0.05, 0.1) is 12.0 Å². The zero-order valence-electron chi connectivity index (χ0n) is 7.12. The van der Waals surface area contributed by atoms with Crippen LogP contribution in [-0.2, 0) is 0 Å². The zero-order valence-corrected chi connectivity index (χ0v) is 8.12. The van der Waals surface area contributed by atoms with Crippen molar-refractivity contribution in [2.45, 2.75) is 0 Å². The third-order valence-corrected chi connectivity index (χ3v) is 1.04. The van der Waals surface area contributed by atoms with Crippen molar-refractivity contribution in [3.8, 4) is 0 Å². The van der Waals surface area contributed by atoms with E-state index in [4.69, 9.17) is 0 Å². The van der Waals surface area contributed by atoms with Gasteiger partial charge in [-0.25, -0.2) is 4.98 Å². The van der Waals surface area contributed by atoms with E-state index in [1.807, 2.05) is 6.20 Å². The summed E-state index contributed by atoms with van der Waals surface area (Å²) < 4.78 is 1.77. The van der Waals surface area contributed by atoms with Crippen LogP contribution in [0.1, 0.15) is 7.12 Å². The van der Waals surface area contributed by atoms with Crippen molar-refractivity contribution in [3.05, 3.63) is 31.4 Å². The number of hydrogen-bond acceptors (Lipinski definition) is 1. The molecule has 0 bridgehead atoms. The van der Waals surface area contributed by atoms with Crippen molar-refractivity contribution < 1.29 is 31.0 Å². The monoisotopic (exact) mass is 144 g/mol. The van der Waals surface area contributed by atoms with E-state index >= 15 is 0 Å². The summed E-state index contributed by atoms with van der Waals surface area (Å²) in [6, 6.07) is 0. The van der Waals surface area contributed by atoms with E-state index in [2.05, 4.69) is 18.1 Å². The van der Waals surface area contributed by atoms with Gasteiger partial charge in [0.2, 0.25) is 0 Å². The fourth-order valence-corrected chi connectivity index (χ4v) is 0.558. The Morgan fingerprint density at radius 3 is 2.60 bits per heavy atom. The Hall–Kier alpha value is -0.310. The number of imidazole rings is 1. The minimum Gasteiger partial charge on any atom is -1.00 e. The Morgan fingerprint density at radius 2 is 2.30 bits per heavy atom. The molecule has 0 saturated carbocycles. The molecule has 2 nitrogen and oxygen atoms in total. The van der Waals surface area contributed by atoms with Crippen LogP contribution < -0.4 is 29.6 Å². The van der Waals surface area contributed by atoms with Gasteiger partial charge in [0, 0.05) is 12.4 Å². The first kappa shape index (κ1) is 9.69. The molecule has 0 radical (unpaired) electrons. The van der Waals surface area contributed by atoms with Gasteiger partial charge in [-0.05, 0) is 6.08 Å². The summed E-state index contributed by atoms with van der Waals surface area (Å²) in [5.74, 6) is 0. The van der Waals surface area contributed by atoms with Crippen molar-refractivity contribution in [2.24, 2.45) is 0 Å². The summed E-state index contributed by atoms with van der Waals surface area (Å²) in [6.45, 7) is 7.14. The fraction of sp³-hybridized carbons (Fsp3) is 0. The van der Waals surface area contributed by atoms with Crippen LogP contribution in [0.3, 0.4) is 0 Å². The minimum atomic E-state index is 0. The molecule has 1 heterocycles. The molecule has 10 heavy (non-hydrogen) atoms. The van der Waals surface area contributed by atoms with Crippen LogP contribution in [0.15, 0.2) is 25.7 Å². The Labute approximate surface area is 84.0 Å². The number of aromatic nitrogens is 2. The van der Waals surface area contributed by atoms with Crippen molar-refractivity contribution in [1.29, 1.82) is 0 Å². The molecular formula is C7H9N2Na. The van der Waals surface area contributed by atoms with E-state index in [9.17, 15) is 0 Å². The maximum atomic E-state index is 3.98. The molecule has 48 valence electrons. The Bertz CT molecular complexity index is 210. The van der Waals surface area contributed by atoms with Crippen LogP contribution in [0, 0.1) is 0 Å². The summed E-state index contributed by atoms with van der Waals surface area (Å²) >= 11 is 0. The van der Waals surface area contributed by atoms with Gasteiger partial charge in [0.15, 0.2) is 0 Å². The van der Waals surface area contributed by atoms with Gasteiger partial charge < -0.3 is 5.99 Å². The van der Waals surface area contributed by atoms with E-state index < -0.39 is 0 Å². The summed E-state index contributed by atoms with van der Waals surface area (Å²) in [7, 11) is 0. The first-order valence-electron chi connectivity index (χ1n) is 2.65. The van der Waals surface area contributed by atoms with Gasteiger partial charge in [0.25, 0.3) is 0 Å². The third kappa shape index (κ3) is 2.14. The zero-order chi connectivity index (χ0) is 6.69. The van der Waals surface area contributed by atoms with Gasteiger partial charge in [-0.15, -0.1) is 0 Å². The Balaban J connectivity index is 0. The number of nitrogens with zero attached hydrogens (tertiary/aromatic N) is 2. The summed E-state index contributed by atoms with van der Waals surface area (Å²) in [5.41, 5.74) is 0.870. The molecule has 0 aliphatic rings. The molecule has 3 heteroatoms.